The molecule has 5 N–H and O–H groups in total. The number of hydrogen-bond acceptors (Lipinski definition) is 4. The lowest BCUT2D eigenvalue weighted by atomic mass is 10.0. The quantitative estimate of drug-likeness (QED) is 0.144. The number of fused-ring (bicyclic) bond motifs is 6. The molecule has 0 bridgehead atoms. The van der Waals surface area contributed by atoms with Crippen LogP contribution in [0.25, 0.3) is 55.0 Å². The maximum absolute atomic E-state index is 7.57. The largest absolute Gasteiger partial charge is 0.456 e. The Bertz CT molecular complexity index is 2190. The molecule has 5 nitrogen and oxygen atoms in total. The molecule has 0 aliphatic heterocycles. The molecule has 216 valence electrons. The van der Waals surface area contributed by atoms with E-state index < -0.39 is 0 Å². The molecule has 0 unspecified atom stereocenters. The van der Waals surface area contributed by atoms with E-state index in [1.165, 1.54) is 33.0 Å². The van der Waals surface area contributed by atoms with Gasteiger partial charge in [-0.15, -0.1) is 0 Å². The number of para-hydroxylation sites is 2. The molecule has 8 aromatic rings. The van der Waals surface area contributed by atoms with Crippen LogP contribution in [0, 0.1) is 12.3 Å². The van der Waals surface area contributed by atoms with Gasteiger partial charge in [-0.05, 0) is 53.4 Å². The Kier molecular flexibility index (Phi) is 8.21. The highest BCUT2D eigenvalue weighted by Gasteiger charge is 2.11. The molecule has 0 spiro atoms. The van der Waals surface area contributed by atoms with Crippen LogP contribution < -0.4 is 11.5 Å². The molecule has 44 heavy (non-hydrogen) atoms. The maximum Gasteiger partial charge on any atom is 0.136 e. The van der Waals surface area contributed by atoms with Gasteiger partial charge in [-0.3, -0.25) is 5.41 Å². The molecule has 0 amide bonds. The van der Waals surface area contributed by atoms with Crippen molar-refractivity contribution in [3.05, 3.63) is 156 Å². The van der Waals surface area contributed by atoms with Crippen LogP contribution in [0.1, 0.15) is 16.7 Å². The molecule has 0 saturated heterocycles. The number of nitrogen functional groups attached to an aromatic ring is 1. The summed E-state index contributed by atoms with van der Waals surface area (Å²) in [6.07, 6.45) is 0. The van der Waals surface area contributed by atoms with Gasteiger partial charge in [0.15, 0.2) is 0 Å². The van der Waals surface area contributed by atoms with Crippen LogP contribution in [-0.2, 0) is 6.54 Å². The summed E-state index contributed by atoms with van der Waals surface area (Å²) < 4.78 is 11.4. The number of aryl methyl sites for hydroxylation is 1. The number of hydrogen-bond donors (Lipinski definition) is 3. The van der Waals surface area contributed by atoms with E-state index >= 15 is 0 Å². The van der Waals surface area contributed by atoms with Gasteiger partial charge in [-0.2, -0.15) is 0 Å². The van der Waals surface area contributed by atoms with Crippen LogP contribution in [0.15, 0.2) is 148 Å². The van der Waals surface area contributed by atoms with Crippen LogP contribution in [0.4, 0.5) is 0 Å². The smallest absolute Gasteiger partial charge is 0.136 e. The van der Waals surface area contributed by atoms with Crippen molar-refractivity contribution in [1.29, 1.82) is 5.41 Å². The van der Waals surface area contributed by atoms with Crippen LogP contribution in [-0.4, -0.2) is 5.84 Å². The molecule has 0 saturated carbocycles. The predicted molar refractivity (Wildman–Crippen MR) is 183 cm³/mol. The minimum Gasteiger partial charge on any atom is -0.456 e. The summed E-state index contributed by atoms with van der Waals surface area (Å²) in [4.78, 5) is 0. The van der Waals surface area contributed by atoms with Crippen LogP contribution in [0.3, 0.4) is 0 Å². The molecule has 0 fully saturated rings. The fourth-order valence-electron chi connectivity index (χ4n) is 5.41. The monoisotopic (exact) mass is 575 g/mol. The summed E-state index contributed by atoms with van der Waals surface area (Å²) in [7, 11) is 0. The first-order chi connectivity index (χ1) is 21.5. The van der Waals surface area contributed by atoms with Crippen molar-refractivity contribution >= 4 is 49.7 Å². The number of nitrogens with one attached hydrogen (secondary N) is 1. The number of benzene rings is 6. The van der Waals surface area contributed by atoms with Crippen LogP contribution in [0.2, 0.25) is 0 Å². The third kappa shape index (κ3) is 5.82. The van der Waals surface area contributed by atoms with Crippen molar-refractivity contribution in [3.63, 3.8) is 0 Å². The normalized spacial score (nSPS) is 10.8. The topological polar surface area (TPSA) is 102 Å². The number of furan rings is 2. The molecule has 6 aromatic carbocycles. The number of nitrogens with two attached hydrogens (primary N) is 2. The second kappa shape index (κ2) is 12.7. The lowest BCUT2D eigenvalue weighted by Crippen LogP contribution is -2.10. The van der Waals surface area contributed by atoms with Crippen LogP contribution in [0.5, 0.6) is 0 Å². The van der Waals surface area contributed by atoms with Crippen molar-refractivity contribution in [2.24, 2.45) is 11.5 Å². The van der Waals surface area contributed by atoms with Crippen molar-refractivity contribution in [3.8, 4) is 11.1 Å². The first-order valence-electron chi connectivity index (χ1n) is 14.5. The van der Waals surface area contributed by atoms with E-state index in [0.717, 1.165) is 38.7 Å². The van der Waals surface area contributed by atoms with E-state index in [-0.39, 0.29) is 5.84 Å². The Morgan fingerprint density at radius 3 is 1.66 bits per heavy atom. The SMILES string of the molecule is Cc1cccc2oc3ccccc3c12.N=C(N)c1cccc2oc3ccccc3c12.NCc1ccc(-c2ccccc2)cc1. The summed E-state index contributed by atoms with van der Waals surface area (Å²) in [5, 5.41) is 11.9. The van der Waals surface area contributed by atoms with E-state index in [1.54, 1.807) is 0 Å². The molecular formula is C39H33N3O2. The van der Waals surface area contributed by atoms with Crippen molar-refractivity contribution in [2.75, 3.05) is 0 Å². The van der Waals surface area contributed by atoms with Crippen molar-refractivity contribution in [1.82, 2.24) is 0 Å². The second-order valence-corrected chi connectivity index (χ2v) is 10.5. The van der Waals surface area contributed by atoms with Gasteiger partial charge < -0.3 is 20.3 Å². The Labute approximate surface area is 255 Å². The average molecular weight is 576 g/mol. The molecule has 0 radical (unpaired) electrons. The lowest BCUT2D eigenvalue weighted by Gasteiger charge is -2.02. The fourth-order valence-corrected chi connectivity index (χ4v) is 5.41. The highest BCUT2D eigenvalue weighted by atomic mass is 16.3. The summed E-state index contributed by atoms with van der Waals surface area (Å²) in [5.74, 6) is 0.0668. The molecular weight excluding hydrogens is 542 g/mol. The second-order valence-electron chi connectivity index (χ2n) is 10.5. The van der Waals surface area contributed by atoms with Crippen molar-refractivity contribution < 1.29 is 8.83 Å². The Morgan fingerprint density at radius 2 is 1.05 bits per heavy atom. The van der Waals surface area contributed by atoms with E-state index in [4.69, 9.17) is 25.7 Å². The highest BCUT2D eigenvalue weighted by molar-refractivity contribution is 6.16. The van der Waals surface area contributed by atoms with E-state index in [1.807, 2.05) is 91.0 Å². The average Bonchev–Trinajstić information content (AvgIpc) is 3.65. The van der Waals surface area contributed by atoms with Gasteiger partial charge in [-0.25, -0.2) is 0 Å². The summed E-state index contributed by atoms with van der Waals surface area (Å²) >= 11 is 0. The summed E-state index contributed by atoms with van der Waals surface area (Å²) in [5.41, 5.74) is 20.3. The zero-order valence-corrected chi connectivity index (χ0v) is 24.5. The third-order valence-electron chi connectivity index (χ3n) is 7.60. The van der Waals surface area contributed by atoms with E-state index in [9.17, 15) is 0 Å². The minimum absolute atomic E-state index is 0.0668. The Balaban J connectivity index is 0.000000117. The Hall–Kier alpha value is -5.65. The third-order valence-corrected chi connectivity index (χ3v) is 7.60. The zero-order valence-electron chi connectivity index (χ0n) is 24.5. The van der Waals surface area contributed by atoms with Gasteiger partial charge in [0.25, 0.3) is 0 Å². The van der Waals surface area contributed by atoms with Gasteiger partial charge in [0.1, 0.15) is 28.2 Å². The first kappa shape index (κ1) is 28.5. The molecule has 2 aromatic heterocycles. The molecule has 0 aliphatic carbocycles. The molecule has 2 heterocycles. The number of amidine groups is 1. The van der Waals surface area contributed by atoms with Gasteiger partial charge in [-0.1, -0.05) is 115 Å². The van der Waals surface area contributed by atoms with Crippen molar-refractivity contribution in [2.45, 2.75) is 13.5 Å². The summed E-state index contributed by atoms with van der Waals surface area (Å²) in [6, 6.07) is 46.4. The predicted octanol–water partition coefficient (Wildman–Crippen LogP) is 9.58. The van der Waals surface area contributed by atoms with Crippen LogP contribution >= 0.6 is 0 Å². The van der Waals surface area contributed by atoms with E-state index in [2.05, 4.69) is 55.5 Å². The maximum atomic E-state index is 7.57. The van der Waals surface area contributed by atoms with Gasteiger partial charge in [0, 0.05) is 33.7 Å². The molecule has 0 aliphatic rings. The first-order valence-corrected chi connectivity index (χ1v) is 14.5. The summed E-state index contributed by atoms with van der Waals surface area (Å²) in [6.45, 7) is 2.72. The molecule has 8 rings (SSSR count). The van der Waals surface area contributed by atoms with Gasteiger partial charge >= 0.3 is 0 Å². The fraction of sp³-hybridized carbons (Fsp3) is 0.0513. The Morgan fingerprint density at radius 1 is 0.545 bits per heavy atom. The number of rotatable bonds is 3. The minimum atomic E-state index is 0.0668. The highest BCUT2D eigenvalue weighted by Crippen LogP contribution is 2.31. The van der Waals surface area contributed by atoms with E-state index in [0.29, 0.717) is 6.54 Å². The lowest BCUT2D eigenvalue weighted by molar-refractivity contribution is 0.668. The van der Waals surface area contributed by atoms with Gasteiger partial charge in [0.2, 0.25) is 0 Å². The zero-order chi connectivity index (χ0) is 30.5. The van der Waals surface area contributed by atoms with Gasteiger partial charge in [0.05, 0.1) is 0 Å². The molecule has 5 heteroatoms. The standard InChI is InChI=1S/C13H10N2O.C13H13N.C13H10O/c14-13(15)9-5-3-7-11-12(9)8-4-1-2-6-10(8)16-11;14-10-11-6-8-13(9-7-11)12-4-2-1-3-5-12;1-9-5-4-8-12-13(9)10-6-2-3-7-11(10)14-12/h1-7H,(H3,14,15);1-9H,10,14H2;2-8H,1H3. The molecule has 0 atom stereocenters.